The Bertz CT molecular complexity index is 699. The van der Waals surface area contributed by atoms with Crippen molar-refractivity contribution in [1.29, 1.82) is 0 Å². The van der Waals surface area contributed by atoms with Gasteiger partial charge in [-0.2, -0.15) is 0 Å². The summed E-state index contributed by atoms with van der Waals surface area (Å²) in [5.41, 5.74) is 1.19. The first-order chi connectivity index (χ1) is 14.4. The van der Waals surface area contributed by atoms with Crippen LogP contribution < -0.4 is 4.90 Å². The minimum Gasteiger partial charge on any atom is -0.332 e. The summed E-state index contributed by atoms with van der Waals surface area (Å²) < 4.78 is 0. The average Bonchev–Trinajstić information content (AvgIpc) is 2.99. The molecule has 2 bridgehead atoms. The average molecular weight is 414 g/mol. The van der Waals surface area contributed by atoms with Crippen molar-refractivity contribution in [1.82, 2.24) is 19.8 Å². The van der Waals surface area contributed by atoms with Crippen LogP contribution in [0.2, 0.25) is 0 Å². The molecule has 2 unspecified atom stereocenters. The largest absolute Gasteiger partial charge is 0.332 e. The lowest BCUT2D eigenvalue weighted by Crippen LogP contribution is -2.53. The van der Waals surface area contributed by atoms with Crippen molar-refractivity contribution in [3.05, 3.63) is 18.0 Å². The number of Topliss-reactive ketones (excluding diaryl/α,β-unsaturated/α-hetero) is 1. The maximum atomic E-state index is 12.2. The van der Waals surface area contributed by atoms with E-state index in [1.807, 2.05) is 26.2 Å². The Morgan fingerprint density at radius 3 is 2.23 bits per heavy atom. The summed E-state index contributed by atoms with van der Waals surface area (Å²) in [6.07, 6.45) is 11.1. The molecule has 6 heteroatoms. The van der Waals surface area contributed by atoms with Gasteiger partial charge in [-0.15, -0.1) is 0 Å². The van der Waals surface area contributed by atoms with Crippen LogP contribution in [0.15, 0.2) is 12.4 Å². The molecule has 2 saturated heterocycles. The highest BCUT2D eigenvalue weighted by atomic mass is 16.1. The summed E-state index contributed by atoms with van der Waals surface area (Å²) in [6, 6.07) is 1.14. The predicted octanol–water partition coefficient (Wildman–Crippen LogP) is 3.22. The van der Waals surface area contributed by atoms with Crippen LogP contribution in [0.25, 0.3) is 0 Å². The third-order valence-electron chi connectivity index (χ3n) is 7.43. The third kappa shape index (κ3) is 4.86. The van der Waals surface area contributed by atoms with Gasteiger partial charge in [-0.25, -0.2) is 9.97 Å². The Labute approximate surface area is 182 Å². The Kier molecular flexibility index (Phi) is 6.73. The van der Waals surface area contributed by atoms with Gasteiger partial charge in [0.2, 0.25) is 5.95 Å². The highest BCUT2D eigenvalue weighted by Crippen LogP contribution is 2.33. The number of carbonyl (C=O) groups is 1. The Hall–Kier alpha value is -1.53. The second-order valence-electron chi connectivity index (χ2n) is 10.4. The Balaban J connectivity index is 1.26. The summed E-state index contributed by atoms with van der Waals surface area (Å²) >= 11 is 0. The van der Waals surface area contributed by atoms with Gasteiger partial charge in [-0.3, -0.25) is 4.79 Å². The van der Waals surface area contributed by atoms with Gasteiger partial charge in [0, 0.05) is 68.1 Å². The van der Waals surface area contributed by atoms with Crippen LogP contribution >= 0.6 is 0 Å². The highest BCUT2D eigenvalue weighted by Gasteiger charge is 2.40. The lowest BCUT2D eigenvalue weighted by atomic mass is 9.77. The van der Waals surface area contributed by atoms with Gasteiger partial charge < -0.3 is 14.7 Å². The van der Waals surface area contributed by atoms with E-state index < -0.39 is 0 Å². The van der Waals surface area contributed by atoms with Crippen molar-refractivity contribution in [2.24, 2.45) is 17.8 Å². The van der Waals surface area contributed by atoms with Gasteiger partial charge in [-0.05, 0) is 58.5 Å². The summed E-state index contributed by atoms with van der Waals surface area (Å²) in [6.45, 7) is 8.28. The predicted molar refractivity (Wildman–Crippen MR) is 120 cm³/mol. The molecule has 0 spiro atoms. The molecule has 30 heavy (non-hydrogen) atoms. The maximum Gasteiger partial charge on any atom is 0.225 e. The zero-order chi connectivity index (χ0) is 21.3. The molecule has 1 aromatic heterocycles. The van der Waals surface area contributed by atoms with E-state index in [4.69, 9.17) is 9.97 Å². The van der Waals surface area contributed by atoms with E-state index in [0.29, 0.717) is 29.7 Å². The molecule has 6 nitrogen and oxygen atoms in total. The van der Waals surface area contributed by atoms with Crippen molar-refractivity contribution in [2.45, 2.75) is 71.0 Å². The van der Waals surface area contributed by atoms with Gasteiger partial charge in [0.25, 0.3) is 0 Å². The first kappa shape index (κ1) is 21.7. The van der Waals surface area contributed by atoms with Crippen molar-refractivity contribution in [3.63, 3.8) is 0 Å². The molecule has 1 aromatic rings. The summed E-state index contributed by atoms with van der Waals surface area (Å²) in [4.78, 5) is 29.0. The molecule has 4 rings (SSSR count). The fraction of sp³-hybridized carbons (Fsp3) is 0.792. The maximum absolute atomic E-state index is 12.2. The minimum atomic E-state index is 0.179. The summed E-state index contributed by atoms with van der Waals surface area (Å²) in [5.74, 6) is 2.56. The van der Waals surface area contributed by atoms with E-state index in [0.717, 1.165) is 45.0 Å². The summed E-state index contributed by atoms with van der Waals surface area (Å²) in [7, 11) is 4.41. The topological polar surface area (TPSA) is 52.6 Å². The molecule has 3 heterocycles. The molecule has 2 atom stereocenters. The number of fused-ring (bicyclic) bond motifs is 2. The summed E-state index contributed by atoms with van der Waals surface area (Å²) in [5, 5.41) is 0. The Morgan fingerprint density at radius 1 is 1.07 bits per heavy atom. The molecule has 0 amide bonds. The standard InChI is InChI=1S/C24H39N5O/c1-17(2)23(30)20-7-5-18(6-8-20)13-27(3)14-19-11-25-24(26-12-19)29-21-9-10-22(29)16-28(4)15-21/h11-12,17-18,20-22H,5-10,13-16H2,1-4H3/t18-,20+,21?,22?. The molecule has 2 aliphatic heterocycles. The zero-order valence-corrected chi connectivity index (χ0v) is 19.3. The van der Waals surface area contributed by atoms with Crippen LogP contribution in [-0.4, -0.2) is 71.4 Å². The molecule has 1 aliphatic carbocycles. The van der Waals surface area contributed by atoms with Gasteiger partial charge >= 0.3 is 0 Å². The van der Waals surface area contributed by atoms with E-state index in [1.54, 1.807) is 0 Å². The second-order valence-corrected chi connectivity index (χ2v) is 10.4. The molecule has 3 aliphatic rings. The molecular weight excluding hydrogens is 374 g/mol. The Morgan fingerprint density at radius 2 is 1.67 bits per heavy atom. The number of piperazine rings is 1. The fourth-order valence-electron chi connectivity index (χ4n) is 5.92. The zero-order valence-electron chi connectivity index (χ0n) is 19.3. The van der Waals surface area contributed by atoms with Crippen molar-refractivity contribution in [3.8, 4) is 0 Å². The number of aromatic nitrogens is 2. The third-order valence-corrected chi connectivity index (χ3v) is 7.43. The van der Waals surface area contributed by atoms with Crippen LogP contribution in [0.4, 0.5) is 5.95 Å². The quantitative estimate of drug-likeness (QED) is 0.684. The monoisotopic (exact) mass is 413 g/mol. The van der Waals surface area contributed by atoms with E-state index in [1.165, 1.54) is 31.2 Å². The fourth-order valence-corrected chi connectivity index (χ4v) is 5.92. The first-order valence-electron chi connectivity index (χ1n) is 11.9. The van der Waals surface area contributed by atoms with Crippen LogP contribution in [0, 0.1) is 17.8 Å². The molecular formula is C24H39N5O. The number of rotatable bonds is 7. The van der Waals surface area contributed by atoms with E-state index in [2.05, 4.69) is 28.8 Å². The van der Waals surface area contributed by atoms with Crippen LogP contribution in [0.5, 0.6) is 0 Å². The molecule has 0 aromatic carbocycles. The number of hydrogen-bond donors (Lipinski definition) is 0. The first-order valence-corrected chi connectivity index (χ1v) is 11.9. The van der Waals surface area contributed by atoms with Gasteiger partial charge in [0.05, 0.1) is 0 Å². The van der Waals surface area contributed by atoms with Gasteiger partial charge in [-0.1, -0.05) is 13.8 Å². The number of carbonyl (C=O) groups excluding carboxylic acids is 1. The lowest BCUT2D eigenvalue weighted by molar-refractivity contribution is -0.127. The van der Waals surface area contributed by atoms with E-state index >= 15 is 0 Å². The van der Waals surface area contributed by atoms with Crippen LogP contribution in [0.1, 0.15) is 57.9 Å². The number of anilines is 1. The molecule has 0 radical (unpaired) electrons. The highest BCUT2D eigenvalue weighted by molar-refractivity contribution is 5.82. The molecule has 3 fully saturated rings. The van der Waals surface area contributed by atoms with Gasteiger partial charge in [0.1, 0.15) is 5.78 Å². The minimum absolute atomic E-state index is 0.179. The molecule has 166 valence electrons. The smallest absolute Gasteiger partial charge is 0.225 e. The number of likely N-dealkylation sites (N-methyl/N-ethyl adjacent to an activating group) is 1. The molecule has 0 N–H and O–H groups in total. The van der Waals surface area contributed by atoms with Crippen LogP contribution in [-0.2, 0) is 11.3 Å². The van der Waals surface area contributed by atoms with E-state index in [9.17, 15) is 4.79 Å². The number of nitrogens with zero attached hydrogens (tertiary/aromatic N) is 5. The van der Waals surface area contributed by atoms with Crippen LogP contribution in [0.3, 0.4) is 0 Å². The van der Waals surface area contributed by atoms with Crippen molar-refractivity contribution in [2.75, 3.05) is 38.6 Å². The van der Waals surface area contributed by atoms with Crippen molar-refractivity contribution < 1.29 is 4.79 Å². The van der Waals surface area contributed by atoms with Crippen molar-refractivity contribution >= 4 is 11.7 Å². The second kappa shape index (κ2) is 9.31. The molecule has 1 saturated carbocycles. The number of hydrogen-bond acceptors (Lipinski definition) is 6. The van der Waals surface area contributed by atoms with Gasteiger partial charge in [0.15, 0.2) is 0 Å². The van der Waals surface area contributed by atoms with E-state index in [-0.39, 0.29) is 5.92 Å². The normalized spacial score (nSPS) is 29.7. The SMILES string of the molecule is CC(C)C(=O)[C@H]1CC[C@@H](CN(C)Cc2cnc(N3C4CCC3CN(C)C4)nc2)CC1. The number of likely N-dealkylation sites (tertiary alicyclic amines) is 1. The lowest BCUT2D eigenvalue weighted by Gasteiger charge is -2.39. The number of ketones is 1.